The van der Waals surface area contributed by atoms with Gasteiger partial charge in [-0.3, -0.25) is 0 Å². The van der Waals surface area contributed by atoms with E-state index in [1.807, 2.05) is 0 Å². The number of hydrogen-bond donors (Lipinski definition) is 2. The van der Waals surface area contributed by atoms with Crippen molar-refractivity contribution in [2.45, 2.75) is 90.1 Å². The molecular formula is C26H44O2. The Morgan fingerprint density at radius 3 is 2.68 bits per heavy atom. The fourth-order valence-electron chi connectivity index (χ4n) is 3.87. The van der Waals surface area contributed by atoms with Gasteiger partial charge in [0.2, 0.25) is 0 Å². The molecule has 1 aliphatic rings. The minimum Gasteiger partial charge on any atom is -0.393 e. The molecule has 0 saturated carbocycles. The molecule has 28 heavy (non-hydrogen) atoms. The van der Waals surface area contributed by atoms with Gasteiger partial charge in [0.25, 0.3) is 0 Å². The van der Waals surface area contributed by atoms with Crippen LogP contribution < -0.4 is 0 Å². The highest BCUT2D eigenvalue weighted by Crippen LogP contribution is 2.31. The molecule has 0 radical (unpaired) electrons. The van der Waals surface area contributed by atoms with Crippen molar-refractivity contribution in [3.63, 3.8) is 0 Å². The van der Waals surface area contributed by atoms with E-state index in [1.54, 1.807) is 0 Å². The van der Waals surface area contributed by atoms with E-state index in [1.165, 1.54) is 51.0 Å². The summed E-state index contributed by atoms with van der Waals surface area (Å²) in [5.41, 5.74) is -1.09. The van der Waals surface area contributed by atoms with Gasteiger partial charge in [0.15, 0.2) is 0 Å². The third kappa shape index (κ3) is 10.4. The molecule has 0 heterocycles. The molecule has 0 bridgehead atoms. The van der Waals surface area contributed by atoms with E-state index >= 15 is 0 Å². The third-order valence-corrected chi connectivity index (χ3v) is 5.98. The first kappa shape index (κ1) is 24.9. The number of aliphatic hydroxyl groups excluding tert-OH is 1. The first-order valence-corrected chi connectivity index (χ1v) is 11.5. The third-order valence-electron chi connectivity index (χ3n) is 5.98. The van der Waals surface area contributed by atoms with Crippen LogP contribution in [-0.2, 0) is 0 Å². The van der Waals surface area contributed by atoms with Crippen molar-refractivity contribution in [2.75, 3.05) is 6.61 Å². The zero-order valence-corrected chi connectivity index (χ0v) is 18.4. The minimum absolute atomic E-state index is 0.231. The first-order chi connectivity index (χ1) is 13.5. The molecular weight excluding hydrogens is 344 g/mol. The first-order valence-electron chi connectivity index (χ1n) is 11.5. The highest BCUT2D eigenvalue weighted by Gasteiger charge is 2.21. The predicted molar refractivity (Wildman–Crippen MR) is 122 cm³/mol. The Morgan fingerprint density at radius 1 is 1.18 bits per heavy atom. The van der Waals surface area contributed by atoms with E-state index < -0.39 is 5.60 Å². The smallest absolute Gasteiger partial charge is 0.105 e. The van der Waals surface area contributed by atoms with Gasteiger partial charge >= 0.3 is 0 Å². The molecule has 2 nitrogen and oxygen atoms in total. The van der Waals surface area contributed by atoms with Crippen LogP contribution in [0.3, 0.4) is 0 Å². The standard InChI is InChI=1S/C26H44O2/c1-4-6-7-10-15-23(3)16-13-18-25-20-14-19-24(25)17-11-8-9-12-21-26(28,5-2)22-27/h5,10,13-15,18,20,23-25,27-28H,2,4,6-9,11-12,16-17,19,21-22H2,1,3H3/t23-,24+,25+,26?/m1/s1. The van der Waals surface area contributed by atoms with E-state index in [0.29, 0.717) is 18.3 Å². The van der Waals surface area contributed by atoms with Crippen LogP contribution in [0.1, 0.15) is 84.5 Å². The Labute approximate surface area is 174 Å². The molecule has 0 aromatic rings. The van der Waals surface area contributed by atoms with Crippen molar-refractivity contribution < 1.29 is 10.2 Å². The molecule has 1 rings (SSSR count). The molecule has 0 saturated heterocycles. The fraction of sp³-hybridized carbons (Fsp3) is 0.692. The lowest BCUT2D eigenvalue weighted by Gasteiger charge is -2.21. The molecule has 0 aliphatic heterocycles. The predicted octanol–water partition coefficient (Wildman–Crippen LogP) is 6.76. The molecule has 0 amide bonds. The lowest BCUT2D eigenvalue weighted by Crippen LogP contribution is -2.30. The van der Waals surface area contributed by atoms with Crippen LogP contribution in [0.25, 0.3) is 0 Å². The number of aliphatic hydroxyl groups is 2. The maximum atomic E-state index is 10.00. The van der Waals surface area contributed by atoms with Crippen LogP contribution in [0.2, 0.25) is 0 Å². The summed E-state index contributed by atoms with van der Waals surface area (Å²) in [5.74, 6) is 2.00. The summed E-state index contributed by atoms with van der Waals surface area (Å²) in [6, 6.07) is 0. The molecule has 2 heteroatoms. The van der Waals surface area contributed by atoms with Gasteiger partial charge in [-0.05, 0) is 49.9 Å². The van der Waals surface area contributed by atoms with Crippen LogP contribution in [0.5, 0.6) is 0 Å². The molecule has 0 aromatic heterocycles. The molecule has 0 aromatic carbocycles. The lowest BCUT2D eigenvalue weighted by atomic mass is 9.89. The van der Waals surface area contributed by atoms with Crippen LogP contribution in [0.15, 0.2) is 49.1 Å². The van der Waals surface area contributed by atoms with Crippen molar-refractivity contribution in [1.29, 1.82) is 0 Å². The normalized spacial score (nSPS) is 22.9. The molecule has 2 N–H and O–H groups in total. The monoisotopic (exact) mass is 388 g/mol. The van der Waals surface area contributed by atoms with Crippen LogP contribution in [0, 0.1) is 17.8 Å². The van der Waals surface area contributed by atoms with Gasteiger partial charge in [-0.2, -0.15) is 0 Å². The molecule has 1 unspecified atom stereocenters. The van der Waals surface area contributed by atoms with Gasteiger partial charge in [-0.1, -0.05) is 94.9 Å². The minimum atomic E-state index is -1.09. The summed E-state index contributed by atoms with van der Waals surface area (Å²) in [7, 11) is 0. The average molecular weight is 389 g/mol. The summed E-state index contributed by atoms with van der Waals surface area (Å²) in [6.07, 6.45) is 28.2. The van der Waals surface area contributed by atoms with Crippen molar-refractivity contribution in [1.82, 2.24) is 0 Å². The van der Waals surface area contributed by atoms with Crippen LogP contribution >= 0.6 is 0 Å². The Bertz CT molecular complexity index is 491. The van der Waals surface area contributed by atoms with Gasteiger partial charge in [0, 0.05) is 0 Å². The molecule has 0 fully saturated rings. The Kier molecular flexibility index (Phi) is 13.2. The zero-order valence-electron chi connectivity index (χ0n) is 18.4. The molecule has 1 aliphatic carbocycles. The van der Waals surface area contributed by atoms with E-state index in [2.05, 4.69) is 56.9 Å². The van der Waals surface area contributed by atoms with Crippen molar-refractivity contribution in [3.05, 3.63) is 49.1 Å². The topological polar surface area (TPSA) is 40.5 Å². The average Bonchev–Trinajstić information content (AvgIpc) is 3.15. The number of hydrogen-bond acceptors (Lipinski definition) is 2. The Hall–Kier alpha value is -1.12. The largest absolute Gasteiger partial charge is 0.393 e. The van der Waals surface area contributed by atoms with Crippen LogP contribution in [-0.4, -0.2) is 22.4 Å². The number of rotatable bonds is 16. The van der Waals surface area contributed by atoms with Crippen molar-refractivity contribution in [3.8, 4) is 0 Å². The molecule has 160 valence electrons. The number of allylic oxidation sites excluding steroid dienone is 6. The van der Waals surface area contributed by atoms with E-state index in [0.717, 1.165) is 25.2 Å². The number of unbranched alkanes of at least 4 members (excludes halogenated alkanes) is 5. The second kappa shape index (κ2) is 14.8. The van der Waals surface area contributed by atoms with Gasteiger partial charge in [0.05, 0.1) is 6.61 Å². The van der Waals surface area contributed by atoms with E-state index in [9.17, 15) is 10.2 Å². The quantitative estimate of drug-likeness (QED) is 0.226. The lowest BCUT2D eigenvalue weighted by molar-refractivity contribution is 0.0186. The van der Waals surface area contributed by atoms with E-state index in [4.69, 9.17) is 0 Å². The van der Waals surface area contributed by atoms with Crippen LogP contribution in [0.4, 0.5) is 0 Å². The van der Waals surface area contributed by atoms with Gasteiger partial charge in [0.1, 0.15) is 5.60 Å². The van der Waals surface area contributed by atoms with Gasteiger partial charge < -0.3 is 10.2 Å². The van der Waals surface area contributed by atoms with Gasteiger partial charge in [-0.15, -0.1) is 6.58 Å². The van der Waals surface area contributed by atoms with Crippen molar-refractivity contribution in [2.24, 2.45) is 17.8 Å². The highest BCUT2D eigenvalue weighted by atomic mass is 16.3. The van der Waals surface area contributed by atoms with E-state index in [-0.39, 0.29) is 6.61 Å². The maximum absolute atomic E-state index is 10.00. The summed E-state index contributed by atoms with van der Waals surface area (Å²) in [6.45, 7) is 7.92. The highest BCUT2D eigenvalue weighted by molar-refractivity contribution is 5.10. The Morgan fingerprint density at radius 2 is 1.96 bits per heavy atom. The van der Waals surface area contributed by atoms with Crippen molar-refractivity contribution >= 4 is 0 Å². The summed E-state index contributed by atoms with van der Waals surface area (Å²) in [5, 5.41) is 19.2. The molecule has 0 spiro atoms. The summed E-state index contributed by atoms with van der Waals surface area (Å²) in [4.78, 5) is 0. The Balaban J connectivity index is 2.19. The maximum Gasteiger partial charge on any atom is 0.105 e. The van der Waals surface area contributed by atoms with Gasteiger partial charge in [-0.25, -0.2) is 0 Å². The SMILES string of the molecule is C=CC(O)(CO)CCCCCC[C@H]1CC=C[C@@H]1C=CC[C@H](C)C=CCCCC. The molecule has 4 atom stereocenters. The second-order valence-corrected chi connectivity index (χ2v) is 8.63. The zero-order chi connectivity index (χ0) is 20.7. The summed E-state index contributed by atoms with van der Waals surface area (Å²) < 4.78 is 0. The fourth-order valence-corrected chi connectivity index (χ4v) is 3.87. The second-order valence-electron chi connectivity index (χ2n) is 8.63. The summed E-state index contributed by atoms with van der Waals surface area (Å²) >= 11 is 0.